The average Bonchev–Trinajstić information content (AvgIpc) is 2.54. The van der Waals surface area contributed by atoms with Gasteiger partial charge < -0.3 is 5.32 Å². The maximum absolute atomic E-state index is 12.0. The topological polar surface area (TPSA) is 29.1 Å². The summed E-state index contributed by atoms with van der Waals surface area (Å²) in [5.74, 6) is 0.0810. The standard InChI is InChI=1S/C20H17NO/c1-2-4-18(22)21-17-12-10-15-8-7-13-5-3-6-14-9-11-16(17)20(15)19(13)14/h3,5-12H,2,4H2,1H3,(H,21,22). The first-order valence-electron chi connectivity index (χ1n) is 7.74. The van der Waals surface area contributed by atoms with Crippen molar-refractivity contribution in [2.45, 2.75) is 19.8 Å². The van der Waals surface area contributed by atoms with Gasteiger partial charge in [0.1, 0.15) is 0 Å². The largest absolute Gasteiger partial charge is 0.326 e. The van der Waals surface area contributed by atoms with Crippen molar-refractivity contribution in [1.82, 2.24) is 0 Å². The Morgan fingerprint density at radius 1 is 0.864 bits per heavy atom. The van der Waals surface area contributed by atoms with Crippen LogP contribution in [0.2, 0.25) is 0 Å². The van der Waals surface area contributed by atoms with Gasteiger partial charge in [-0.2, -0.15) is 0 Å². The lowest BCUT2D eigenvalue weighted by atomic mass is 9.93. The Labute approximate surface area is 129 Å². The van der Waals surface area contributed by atoms with Gasteiger partial charge in [0, 0.05) is 17.5 Å². The van der Waals surface area contributed by atoms with Crippen molar-refractivity contribution in [3.05, 3.63) is 54.6 Å². The van der Waals surface area contributed by atoms with Crippen LogP contribution in [0.15, 0.2) is 54.6 Å². The number of hydrogen-bond acceptors (Lipinski definition) is 1. The van der Waals surface area contributed by atoms with E-state index in [1.807, 2.05) is 13.0 Å². The van der Waals surface area contributed by atoms with Crippen LogP contribution in [0.5, 0.6) is 0 Å². The van der Waals surface area contributed by atoms with Gasteiger partial charge in [0.05, 0.1) is 0 Å². The van der Waals surface area contributed by atoms with Crippen LogP contribution in [-0.4, -0.2) is 5.91 Å². The lowest BCUT2D eigenvalue weighted by Crippen LogP contribution is -2.10. The molecule has 1 amide bonds. The number of rotatable bonds is 3. The van der Waals surface area contributed by atoms with Crippen LogP contribution >= 0.6 is 0 Å². The molecule has 0 saturated heterocycles. The third-order valence-corrected chi connectivity index (χ3v) is 4.28. The second-order valence-corrected chi connectivity index (χ2v) is 5.77. The third kappa shape index (κ3) is 1.92. The molecule has 2 heteroatoms. The quantitative estimate of drug-likeness (QED) is 0.507. The molecule has 0 saturated carbocycles. The van der Waals surface area contributed by atoms with Gasteiger partial charge in [-0.25, -0.2) is 0 Å². The van der Waals surface area contributed by atoms with Gasteiger partial charge in [-0.3, -0.25) is 4.79 Å². The first kappa shape index (κ1) is 13.1. The fourth-order valence-electron chi connectivity index (χ4n) is 3.28. The minimum Gasteiger partial charge on any atom is -0.326 e. The van der Waals surface area contributed by atoms with Crippen molar-refractivity contribution in [2.75, 3.05) is 5.32 Å². The minimum absolute atomic E-state index is 0.0810. The molecule has 0 unspecified atom stereocenters. The van der Waals surface area contributed by atoms with Crippen LogP contribution < -0.4 is 5.32 Å². The minimum atomic E-state index is 0.0810. The van der Waals surface area contributed by atoms with Crippen molar-refractivity contribution in [3.63, 3.8) is 0 Å². The molecule has 4 aromatic carbocycles. The average molecular weight is 287 g/mol. The maximum atomic E-state index is 12.0. The monoisotopic (exact) mass is 287 g/mol. The molecular formula is C20H17NO. The molecule has 4 aromatic rings. The van der Waals surface area contributed by atoms with E-state index in [0.29, 0.717) is 6.42 Å². The summed E-state index contributed by atoms with van der Waals surface area (Å²) in [7, 11) is 0. The van der Waals surface area contributed by atoms with Crippen LogP contribution in [0.3, 0.4) is 0 Å². The van der Waals surface area contributed by atoms with E-state index in [2.05, 4.69) is 53.8 Å². The van der Waals surface area contributed by atoms with Crippen LogP contribution in [0.4, 0.5) is 5.69 Å². The van der Waals surface area contributed by atoms with Crippen molar-refractivity contribution in [1.29, 1.82) is 0 Å². The van der Waals surface area contributed by atoms with Crippen LogP contribution in [0.1, 0.15) is 19.8 Å². The number of hydrogen-bond donors (Lipinski definition) is 1. The summed E-state index contributed by atoms with van der Waals surface area (Å²) in [5.41, 5.74) is 0.907. The van der Waals surface area contributed by atoms with Crippen molar-refractivity contribution in [2.24, 2.45) is 0 Å². The highest BCUT2D eigenvalue weighted by molar-refractivity contribution is 6.25. The first-order chi connectivity index (χ1) is 10.8. The molecule has 0 fully saturated rings. The number of anilines is 1. The number of carbonyl (C=O) groups is 1. The number of benzene rings is 4. The number of nitrogens with one attached hydrogen (secondary N) is 1. The molecule has 108 valence electrons. The summed E-state index contributed by atoms with van der Waals surface area (Å²) < 4.78 is 0. The molecule has 0 aliphatic rings. The highest BCUT2D eigenvalue weighted by Gasteiger charge is 2.11. The highest BCUT2D eigenvalue weighted by atomic mass is 16.1. The molecule has 22 heavy (non-hydrogen) atoms. The Morgan fingerprint density at radius 3 is 2.23 bits per heavy atom. The zero-order valence-electron chi connectivity index (χ0n) is 12.5. The maximum Gasteiger partial charge on any atom is 0.224 e. The second kappa shape index (κ2) is 4.99. The van der Waals surface area contributed by atoms with E-state index in [1.54, 1.807) is 0 Å². The summed E-state index contributed by atoms with van der Waals surface area (Å²) >= 11 is 0. The van der Waals surface area contributed by atoms with Gasteiger partial charge >= 0.3 is 0 Å². The van der Waals surface area contributed by atoms with Gasteiger partial charge in [-0.1, -0.05) is 55.5 Å². The predicted octanol–water partition coefficient (Wildman–Crippen LogP) is 5.32. The molecular weight excluding hydrogens is 270 g/mol. The molecule has 1 N–H and O–H groups in total. The molecule has 0 spiro atoms. The number of amides is 1. The van der Waals surface area contributed by atoms with E-state index < -0.39 is 0 Å². The fraction of sp³-hybridized carbons (Fsp3) is 0.150. The Morgan fingerprint density at radius 2 is 1.50 bits per heavy atom. The van der Waals surface area contributed by atoms with Crippen LogP contribution in [0.25, 0.3) is 32.3 Å². The van der Waals surface area contributed by atoms with Gasteiger partial charge in [0.15, 0.2) is 0 Å². The SMILES string of the molecule is CCCC(=O)Nc1ccc2ccc3cccc4ccc1c2c34. The Balaban J connectivity index is 2.02. The van der Waals surface area contributed by atoms with E-state index in [1.165, 1.54) is 26.9 Å². The third-order valence-electron chi connectivity index (χ3n) is 4.28. The van der Waals surface area contributed by atoms with E-state index in [9.17, 15) is 4.79 Å². The molecule has 0 aliphatic carbocycles. The summed E-state index contributed by atoms with van der Waals surface area (Å²) in [6.07, 6.45) is 1.42. The highest BCUT2D eigenvalue weighted by Crippen LogP contribution is 2.37. The van der Waals surface area contributed by atoms with Gasteiger partial charge in [0.2, 0.25) is 5.91 Å². The summed E-state index contributed by atoms with van der Waals surface area (Å²) in [4.78, 5) is 12.0. The zero-order chi connectivity index (χ0) is 15.1. The summed E-state index contributed by atoms with van der Waals surface area (Å²) in [5, 5.41) is 10.4. The molecule has 0 atom stereocenters. The lowest BCUT2D eigenvalue weighted by molar-refractivity contribution is -0.116. The van der Waals surface area contributed by atoms with E-state index in [4.69, 9.17) is 0 Å². The van der Waals surface area contributed by atoms with Crippen LogP contribution in [0, 0.1) is 0 Å². The second-order valence-electron chi connectivity index (χ2n) is 5.77. The first-order valence-corrected chi connectivity index (χ1v) is 7.74. The Hall–Kier alpha value is -2.61. The van der Waals surface area contributed by atoms with Gasteiger partial charge in [-0.15, -0.1) is 0 Å². The normalized spacial score (nSPS) is 11.5. The smallest absolute Gasteiger partial charge is 0.224 e. The molecule has 0 aromatic heterocycles. The summed E-state index contributed by atoms with van der Waals surface area (Å²) in [6, 6.07) is 19.1. The summed E-state index contributed by atoms with van der Waals surface area (Å²) in [6.45, 7) is 2.02. The molecule has 0 heterocycles. The Kier molecular flexibility index (Phi) is 2.97. The van der Waals surface area contributed by atoms with Gasteiger partial charge in [0.25, 0.3) is 0 Å². The van der Waals surface area contributed by atoms with Crippen molar-refractivity contribution < 1.29 is 4.79 Å². The molecule has 4 rings (SSSR count). The van der Waals surface area contributed by atoms with Crippen LogP contribution in [-0.2, 0) is 4.79 Å². The van der Waals surface area contributed by atoms with E-state index in [-0.39, 0.29) is 5.91 Å². The predicted molar refractivity (Wildman–Crippen MR) is 93.7 cm³/mol. The fourth-order valence-corrected chi connectivity index (χ4v) is 3.28. The van der Waals surface area contributed by atoms with E-state index >= 15 is 0 Å². The lowest BCUT2D eigenvalue weighted by Gasteiger charge is -2.14. The van der Waals surface area contributed by atoms with Crippen molar-refractivity contribution in [3.8, 4) is 0 Å². The van der Waals surface area contributed by atoms with E-state index in [0.717, 1.165) is 17.5 Å². The molecule has 0 radical (unpaired) electrons. The Bertz CT molecular complexity index is 971. The number of carbonyl (C=O) groups excluding carboxylic acids is 1. The van der Waals surface area contributed by atoms with Crippen molar-refractivity contribution >= 4 is 43.9 Å². The molecule has 0 aliphatic heterocycles. The zero-order valence-corrected chi connectivity index (χ0v) is 12.5. The molecule has 2 nitrogen and oxygen atoms in total. The molecule has 0 bridgehead atoms. The van der Waals surface area contributed by atoms with Gasteiger partial charge in [-0.05, 0) is 39.4 Å².